The molecule has 106 valence electrons. The number of rotatable bonds is 5. The van der Waals surface area contributed by atoms with E-state index in [9.17, 15) is 0 Å². The van der Waals surface area contributed by atoms with E-state index in [0.717, 1.165) is 23.2 Å². The third-order valence-electron chi connectivity index (χ3n) is 3.17. The fraction of sp³-hybridized carbons (Fsp3) is 0.188. The molecule has 0 aliphatic rings. The van der Waals surface area contributed by atoms with Crippen LogP contribution in [-0.4, -0.2) is 15.2 Å². The van der Waals surface area contributed by atoms with Crippen LogP contribution in [0.1, 0.15) is 17.0 Å². The number of benzene rings is 1. The average Bonchev–Trinajstić information content (AvgIpc) is 2.97. The first kappa shape index (κ1) is 13.5. The summed E-state index contributed by atoms with van der Waals surface area (Å²) in [5.74, 6) is 1.14. The molecule has 3 rings (SSSR count). The lowest BCUT2D eigenvalue weighted by atomic mass is 10.1. The van der Waals surface area contributed by atoms with Crippen molar-refractivity contribution in [2.75, 3.05) is 0 Å². The monoisotopic (exact) mass is 280 g/mol. The van der Waals surface area contributed by atoms with Crippen LogP contribution in [0.2, 0.25) is 0 Å². The van der Waals surface area contributed by atoms with Crippen LogP contribution in [0.15, 0.2) is 53.2 Å². The van der Waals surface area contributed by atoms with Gasteiger partial charge in [-0.25, -0.2) is 0 Å². The van der Waals surface area contributed by atoms with Crippen molar-refractivity contribution >= 4 is 0 Å². The van der Waals surface area contributed by atoms with Crippen molar-refractivity contribution in [1.82, 2.24) is 20.5 Å². The third-order valence-corrected chi connectivity index (χ3v) is 3.17. The van der Waals surface area contributed by atoms with E-state index < -0.39 is 0 Å². The molecule has 0 bridgehead atoms. The van der Waals surface area contributed by atoms with E-state index in [1.807, 2.05) is 49.5 Å². The van der Waals surface area contributed by atoms with Crippen LogP contribution < -0.4 is 5.32 Å². The highest BCUT2D eigenvalue weighted by molar-refractivity contribution is 5.57. The SMILES string of the molecule is Cc1ccccc1-c1nnc(CNCc2cccnc2)o1. The molecule has 0 unspecified atom stereocenters. The Morgan fingerprint density at radius 3 is 2.76 bits per heavy atom. The van der Waals surface area contributed by atoms with Crippen LogP contribution in [0.25, 0.3) is 11.5 Å². The summed E-state index contributed by atoms with van der Waals surface area (Å²) in [6, 6.07) is 11.9. The quantitative estimate of drug-likeness (QED) is 0.778. The Morgan fingerprint density at radius 2 is 1.95 bits per heavy atom. The van der Waals surface area contributed by atoms with Crippen molar-refractivity contribution in [2.45, 2.75) is 20.0 Å². The van der Waals surface area contributed by atoms with Gasteiger partial charge in [-0.05, 0) is 30.2 Å². The van der Waals surface area contributed by atoms with E-state index in [4.69, 9.17) is 4.42 Å². The molecule has 0 saturated heterocycles. The van der Waals surface area contributed by atoms with Gasteiger partial charge >= 0.3 is 0 Å². The highest BCUT2D eigenvalue weighted by Gasteiger charge is 2.09. The third kappa shape index (κ3) is 3.32. The highest BCUT2D eigenvalue weighted by Crippen LogP contribution is 2.21. The number of aryl methyl sites for hydroxylation is 1. The standard InChI is InChI=1S/C16H16N4O/c1-12-5-2-3-7-14(12)16-20-19-15(21-16)11-18-10-13-6-4-8-17-9-13/h2-9,18H,10-11H2,1H3. The number of hydrogen-bond acceptors (Lipinski definition) is 5. The number of hydrogen-bond donors (Lipinski definition) is 1. The molecule has 1 aromatic carbocycles. The number of pyridine rings is 1. The minimum Gasteiger partial charge on any atom is -0.419 e. The zero-order valence-corrected chi connectivity index (χ0v) is 11.8. The van der Waals surface area contributed by atoms with Gasteiger partial charge in [0.1, 0.15) is 0 Å². The maximum Gasteiger partial charge on any atom is 0.248 e. The maximum absolute atomic E-state index is 5.69. The fourth-order valence-corrected chi connectivity index (χ4v) is 2.06. The fourth-order valence-electron chi connectivity index (χ4n) is 2.06. The van der Waals surface area contributed by atoms with Gasteiger partial charge in [0.2, 0.25) is 11.8 Å². The minimum absolute atomic E-state index is 0.535. The molecule has 0 aliphatic carbocycles. The summed E-state index contributed by atoms with van der Waals surface area (Å²) in [5, 5.41) is 11.4. The summed E-state index contributed by atoms with van der Waals surface area (Å²) in [6.07, 6.45) is 3.59. The van der Waals surface area contributed by atoms with Gasteiger partial charge in [-0.3, -0.25) is 4.98 Å². The normalized spacial score (nSPS) is 10.7. The Kier molecular flexibility index (Phi) is 4.02. The van der Waals surface area contributed by atoms with Gasteiger partial charge in [-0.15, -0.1) is 10.2 Å². The molecule has 3 aromatic rings. The van der Waals surface area contributed by atoms with Crippen molar-refractivity contribution in [3.63, 3.8) is 0 Å². The van der Waals surface area contributed by atoms with Crippen molar-refractivity contribution in [3.05, 3.63) is 65.8 Å². The predicted molar refractivity (Wildman–Crippen MR) is 79.3 cm³/mol. The summed E-state index contributed by atoms with van der Waals surface area (Å²) in [6.45, 7) is 3.28. The second-order valence-corrected chi connectivity index (χ2v) is 4.78. The maximum atomic E-state index is 5.69. The van der Waals surface area contributed by atoms with Gasteiger partial charge in [-0.1, -0.05) is 24.3 Å². The van der Waals surface area contributed by atoms with E-state index in [1.165, 1.54) is 0 Å². The van der Waals surface area contributed by atoms with Crippen LogP contribution in [-0.2, 0) is 13.1 Å². The summed E-state index contributed by atoms with van der Waals surface area (Å²) < 4.78 is 5.69. The van der Waals surface area contributed by atoms with Crippen molar-refractivity contribution in [3.8, 4) is 11.5 Å². The Bertz CT molecular complexity index is 709. The first-order chi connectivity index (χ1) is 10.3. The highest BCUT2D eigenvalue weighted by atomic mass is 16.4. The molecule has 21 heavy (non-hydrogen) atoms. The molecule has 0 atom stereocenters. The molecule has 0 saturated carbocycles. The largest absolute Gasteiger partial charge is 0.419 e. The van der Waals surface area contributed by atoms with Gasteiger partial charge < -0.3 is 9.73 Å². The predicted octanol–water partition coefficient (Wildman–Crippen LogP) is 2.73. The Balaban J connectivity index is 1.62. The van der Waals surface area contributed by atoms with Gasteiger partial charge in [-0.2, -0.15) is 0 Å². The Labute approximate surface area is 123 Å². The van der Waals surface area contributed by atoms with Crippen LogP contribution >= 0.6 is 0 Å². The van der Waals surface area contributed by atoms with Crippen LogP contribution in [0, 0.1) is 6.92 Å². The second-order valence-electron chi connectivity index (χ2n) is 4.78. The molecule has 2 aromatic heterocycles. The number of nitrogens with one attached hydrogen (secondary N) is 1. The van der Waals surface area contributed by atoms with E-state index in [0.29, 0.717) is 18.3 Å². The average molecular weight is 280 g/mol. The van der Waals surface area contributed by atoms with E-state index in [-0.39, 0.29) is 0 Å². The molecule has 2 heterocycles. The van der Waals surface area contributed by atoms with E-state index in [2.05, 4.69) is 20.5 Å². The molecular formula is C16H16N4O. The zero-order chi connectivity index (χ0) is 14.5. The molecule has 0 radical (unpaired) electrons. The van der Waals surface area contributed by atoms with Crippen LogP contribution in [0.4, 0.5) is 0 Å². The van der Waals surface area contributed by atoms with Gasteiger partial charge in [0.15, 0.2) is 0 Å². The van der Waals surface area contributed by atoms with Crippen LogP contribution in [0.3, 0.4) is 0 Å². The number of aromatic nitrogens is 3. The topological polar surface area (TPSA) is 63.8 Å². The first-order valence-corrected chi connectivity index (χ1v) is 6.81. The van der Waals surface area contributed by atoms with Crippen LogP contribution in [0.5, 0.6) is 0 Å². The molecule has 0 amide bonds. The summed E-state index contributed by atoms with van der Waals surface area (Å²) in [5.41, 5.74) is 3.22. The molecule has 0 spiro atoms. The molecule has 5 nitrogen and oxygen atoms in total. The smallest absolute Gasteiger partial charge is 0.248 e. The Hall–Kier alpha value is -2.53. The second kappa shape index (κ2) is 6.28. The lowest BCUT2D eigenvalue weighted by Crippen LogP contribution is -2.12. The van der Waals surface area contributed by atoms with Gasteiger partial charge in [0.25, 0.3) is 0 Å². The van der Waals surface area contributed by atoms with E-state index in [1.54, 1.807) is 6.20 Å². The van der Waals surface area contributed by atoms with Crippen molar-refractivity contribution in [1.29, 1.82) is 0 Å². The minimum atomic E-state index is 0.535. The lowest BCUT2D eigenvalue weighted by molar-refractivity contribution is 0.477. The zero-order valence-electron chi connectivity index (χ0n) is 11.8. The van der Waals surface area contributed by atoms with E-state index >= 15 is 0 Å². The van der Waals surface area contributed by atoms with Gasteiger partial charge in [0.05, 0.1) is 6.54 Å². The molecule has 0 fully saturated rings. The molecular weight excluding hydrogens is 264 g/mol. The molecule has 1 N–H and O–H groups in total. The lowest BCUT2D eigenvalue weighted by Gasteiger charge is -2.01. The molecule has 0 aliphatic heterocycles. The van der Waals surface area contributed by atoms with Crippen molar-refractivity contribution < 1.29 is 4.42 Å². The molecule has 5 heteroatoms. The summed E-state index contributed by atoms with van der Waals surface area (Å²) in [4.78, 5) is 4.07. The van der Waals surface area contributed by atoms with Crippen molar-refractivity contribution in [2.24, 2.45) is 0 Å². The van der Waals surface area contributed by atoms with Gasteiger partial charge in [0, 0.05) is 24.5 Å². The summed E-state index contributed by atoms with van der Waals surface area (Å²) in [7, 11) is 0. The number of nitrogens with zero attached hydrogens (tertiary/aromatic N) is 3. The Morgan fingerprint density at radius 1 is 1.05 bits per heavy atom. The summed E-state index contributed by atoms with van der Waals surface area (Å²) >= 11 is 0. The first-order valence-electron chi connectivity index (χ1n) is 6.81.